The van der Waals surface area contributed by atoms with Gasteiger partial charge >= 0.3 is 0 Å². The molecule has 0 fully saturated rings. The minimum absolute atomic E-state index is 0.0368. The summed E-state index contributed by atoms with van der Waals surface area (Å²) in [4.78, 5) is 24.5. The highest BCUT2D eigenvalue weighted by Crippen LogP contribution is 2.07. The van der Waals surface area contributed by atoms with Crippen molar-refractivity contribution in [3.8, 4) is 0 Å². The van der Waals surface area contributed by atoms with Crippen LogP contribution in [0.1, 0.15) is 18.0 Å². The predicted molar refractivity (Wildman–Crippen MR) is 66.5 cm³/mol. The highest BCUT2D eigenvalue weighted by atomic mass is 16.2. The van der Waals surface area contributed by atoms with Crippen LogP contribution in [0.25, 0.3) is 0 Å². The van der Waals surface area contributed by atoms with Crippen LogP contribution >= 0.6 is 0 Å². The Labute approximate surface area is 106 Å². The first-order chi connectivity index (χ1) is 8.41. The van der Waals surface area contributed by atoms with Crippen LogP contribution in [0, 0.1) is 0 Å². The Morgan fingerprint density at radius 2 is 2.22 bits per heavy atom. The lowest BCUT2D eigenvalue weighted by molar-refractivity contribution is -0.128. The summed E-state index contributed by atoms with van der Waals surface area (Å²) in [5.74, 6) is -0.347. The number of aromatic nitrogens is 2. The average molecular weight is 253 g/mol. The molecule has 1 aromatic heterocycles. The number of nitrogens with zero attached hydrogens (tertiary/aromatic N) is 3. The van der Waals surface area contributed by atoms with E-state index < -0.39 is 6.04 Å². The average Bonchev–Trinajstić information content (AvgIpc) is 2.74. The van der Waals surface area contributed by atoms with Gasteiger partial charge in [0.2, 0.25) is 11.8 Å². The van der Waals surface area contributed by atoms with Crippen LogP contribution in [0.3, 0.4) is 0 Å². The molecule has 3 N–H and O–H groups in total. The van der Waals surface area contributed by atoms with Crippen LogP contribution < -0.4 is 11.1 Å². The van der Waals surface area contributed by atoms with E-state index in [1.165, 1.54) is 4.90 Å². The molecule has 0 radical (unpaired) electrons. The Balaban J connectivity index is 2.39. The Kier molecular flexibility index (Phi) is 4.85. The van der Waals surface area contributed by atoms with Gasteiger partial charge in [-0.1, -0.05) is 0 Å². The maximum atomic E-state index is 11.7. The third-order valence-electron chi connectivity index (χ3n) is 2.50. The van der Waals surface area contributed by atoms with Crippen LogP contribution in [0.5, 0.6) is 0 Å². The van der Waals surface area contributed by atoms with Gasteiger partial charge in [0.25, 0.3) is 0 Å². The first-order valence-corrected chi connectivity index (χ1v) is 5.64. The SMILES string of the molecule is CN(C)C(=O)CCNC(=O)C(N)c1cnn(C)c1. The van der Waals surface area contributed by atoms with Gasteiger partial charge in [-0.3, -0.25) is 14.3 Å². The number of hydrogen-bond acceptors (Lipinski definition) is 4. The van der Waals surface area contributed by atoms with E-state index in [1.54, 1.807) is 38.2 Å². The van der Waals surface area contributed by atoms with Crippen molar-refractivity contribution in [2.45, 2.75) is 12.5 Å². The second-order valence-electron chi connectivity index (χ2n) is 4.25. The summed E-state index contributed by atoms with van der Waals surface area (Å²) in [5, 5.41) is 6.58. The van der Waals surface area contributed by atoms with E-state index in [0.717, 1.165) is 0 Å². The molecule has 100 valence electrons. The van der Waals surface area contributed by atoms with Crippen LogP contribution in [-0.2, 0) is 16.6 Å². The monoisotopic (exact) mass is 253 g/mol. The number of amides is 2. The second kappa shape index (κ2) is 6.15. The molecule has 0 saturated heterocycles. The second-order valence-corrected chi connectivity index (χ2v) is 4.25. The van der Waals surface area contributed by atoms with Crippen LogP contribution in [0.2, 0.25) is 0 Å². The lowest BCUT2D eigenvalue weighted by Gasteiger charge is -2.12. The first kappa shape index (κ1) is 14.2. The fourth-order valence-electron chi connectivity index (χ4n) is 1.38. The standard InChI is InChI=1S/C11H19N5O2/c1-15(2)9(17)4-5-13-11(18)10(12)8-6-14-16(3)7-8/h6-7,10H,4-5,12H2,1-3H3,(H,13,18). The topological polar surface area (TPSA) is 93.2 Å². The van der Waals surface area contributed by atoms with Gasteiger partial charge in [0.15, 0.2) is 0 Å². The van der Waals surface area contributed by atoms with Gasteiger partial charge in [0.1, 0.15) is 6.04 Å². The molecule has 0 aliphatic rings. The van der Waals surface area contributed by atoms with E-state index in [2.05, 4.69) is 10.4 Å². The number of carbonyl (C=O) groups excluding carboxylic acids is 2. The Morgan fingerprint density at radius 1 is 1.56 bits per heavy atom. The molecule has 2 amide bonds. The van der Waals surface area contributed by atoms with Gasteiger partial charge in [-0.05, 0) is 0 Å². The molecule has 0 bridgehead atoms. The summed E-state index contributed by atoms with van der Waals surface area (Å²) in [5.41, 5.74) is 6.41. The molecule has 1 heterocycles. The molecule has 1 unspecified atom stereocenters. The fraction of sp³-hybridized carbons (Fsp3) is 0.545. The van der Waals surface area contributed by atoms with Gasteiger partial charge in [-0.2, -0.15) is 5.10 Å². The number of nitrogens with one attached hydrogen (secondary N) is 1. The molecular formula is C11H19N5O2. The van der Waals surface area contributed by atoms with E-state index in [4.69, 9.17) is 5.73 Å². The number of carbonyl (C=O) groups is 2. The largest absolute Gasteiger partial charge is 0.354 e. The summed E-state index contributed by atoms with van der Waals surface area (Å²) in [6.07, 6.45) is 3.50. The van der Waals surface area contributed by atoms with Crippen molar-refractivity contribution < 1.29 is 9.59 Å². The van der Waals surface area contributed by atoms with Gasteiger partial charge in [0.05, 0.1) is 6.20 Å². The zero-order chi connectivity index (χ0) is 13.7. The van der Waals surface area contributed by atoms with Crippen molar-refractivity contribution in [1.82, 2.24) is 20.0 Å². The summed E-state index contributed by atoms with van der Waals surface area (Å²) in [6.45, 7) is 0.282. The third kappa shape index (κ3) is 3.85. The van der Waals surface area contributed by atoms with Gasteiger partial charge < -0.3 is 16.0 Å². The molecule has 0 saturated carbocycles. The van der Waals surface area contributed by atoms with Crippen LogP contribution in [-0.4, -0.2) is 47.1 Å². The molecule has 0 aliphatic heterocycles. The summed E-state index contributed by atoms with van der Waals surface area (Å²) >= 11 is 0. The molecule has 1 rings (SSSR count). The van der Waals surface area contributed by atoms with E-state index in [-0.39, 0.29) is 24.8 Å². The number of rotatable bonds is 5. The molecule has 7 heteroatoms. The number of aryl methyl sites for hydroxylation is 1. The lowest BCUT2D eigenvalue weighted by atomic mass is 10.1. The van der Waals surface area contributed by atoms with Crippen molar-refractivity contribution in [2.24, 2.45) is 12.8 Å². The molecule has 18 heavy (non-hydrogen) atoms. The number of hydrogen-bond donors (Lipinski definition) is 2. The minimum Gasteiger partial charge on any atom is -0.354 e. The Bertz CT molecular complexity index is 427. The van der Waals surface area contributed by atoms with Crippen molar-refractivity contribution in [3.63, 3.8) is 0 Å². The van der Waals surface area contributed by atoms with Gasteiger partial charge in [0, 0.05) is 45.9 Å². The van der Waals surface area contributed by atoms with Crippen molar-refractivity contribution in [3.05, 3.63) is 18.0 Å². The predicted octanol–water partition coefficient (Wildman–Crippen LogP) is -0.986. The first-order valence-electron chi connectivity index (χ1n) is 5.64. The van der Waals surface area contributed by atoms with E-state index in [1.807, 2.05) is 0 Å². The Morgan fingerprint density at radius 3 is 2.72 bits per heavy atom. The normalized spacial score (nSPS) is 12.0. The van der Waals surface area contributed by atoms with E-state index in [0.29, 0.717) is 5.56 Å². The minimum atomic E-state index is -0.756. The molecule has 0 spiro atoms. The third-order valence-corrected chi connectivity index (χ3v) is 2.50. The van der Waals surface area contributed by atoms with Crippen LogP contribution in [0.4, 0.5) is 0 Å². The maximum Gasteiger partial charge on any atom is 0.241 e. The van der Waals surface area contributed by atoms with E-state index >= 15 is 0 Å². The summed E-state index contributed by atoms with van der Waals surface area (Å²) < 4.78 is 1.58. The van der Waals surface area contributed by atoms with Gasteiger partial charge in [-0.15, -0.1) is 0 Å². The lowest BCUT2D eigenvalue weighted by Crippen LogP contribution is -2.36. The Hall–Kier alpha value is -1.89. The highest BCUT2D eigenvalue weighted by molar-refractivity contribution is 5.83. The smallest absolute Gasteiger partial charge is 0.241 e. The summed E-state index contributed by atoms with van der Waals surface area (Å²) in [7, 11) is 5.10. The molecule has 0 aromatic carbocycles. The zero-order valence-corrected chi connectivity index (χ0v) is 10.9. The highest BCUT2D eigenvalue weighted by Gasteiger charge is 2.17. The molecule has 1 atom stereocenters. The van der Waals surface area contributed by atoms with Crippen molar-refractivity contribution in [2.75, 3.05) is 20.6 Å². The van der Waals surface area contributed by atoms with Gasteiger partial charge in [-0.25, -0.2) is 0 Å². The maximum absolute atomic E-state index is 11.7. The molecule has 0 aliphatic carbocycles. The quantitative estimate of drug-likeness (QED) is 0.705. The number of nitrogens with two attached hydrogens (primary N) is 1. The zero-order valence-electron chi connectivity index (χ0n) is 10.9. The fourth-order valence-corrected chi connectivity index (χ4v) is 1.38. The van der Waals surface area contributed by atoms with Crippen molar-refractivity contribution in [1.29, 1.82) is 0 Å². The van der Waals surface area contributed by atoms with E-state index in [9.17, 15) is 9.59 Å². The molecule has 1 aromatic rings. The molecular weight excluding hydrogens is 234 g/mol. The summed E-state index contributed by atoms with van der Waals surface area (Å²) in [6, 6.07) is -0.756. The van der Waals surface area contributed by atoms with Crippen molar-refractivity contribution >= 4 is 11.8 Å². The van der Waals surface area contributed by atoms with Crippen LogP contribution in [0.15, 0.2) is 12.4 Å². The molecule has 7 nitrogen and oxygen atoms in total.